The molecule has 0 atom stereocenters. The van der Waals surface area contributed by atoms with Gasteiger partial charge < -0.3 is 9.47 Å². The highest BCUT2D eigenvalue weighted by Crippen LogP contribution is 2.34. The van der Waals surface area contributed by atoms with E-state index in [9.17, 15) is 9.59 Å². The lowest BCUT2D eigenvalue weighted by molar-refractivity contribution is -0.123. The summed E-state index contributed by atoms with van der Waals surface area (Å²) in [4.78, 5) is 25.7. The van der Waals surface area contributed by atoms with E-state index in [0.29, 0.717) is 27.5 Å². The van der Waals surface area contributed by atoms with Gasteiger partial charge in [0, 0.05) is 17.2 Å². The first-order valence-corrected chi connectivity index (χ1v) is 9.53. The number of nitrogens with zero attached hydrogens (tertiary/aromatic N) is 1. The molecule has 0 aliphatic carbocycles. The summed E-state index contributed by atoms with van der Waals surface area (Å²) in [6, 6.07) is 12.4. The number of hydrazine groups is 1. The first kappa shape index (κ1) is 19.9. The first-order chi connectivity index (χ1) is 13.4. The third-order valence-electron chi connectivity index (χ3n) is 4.12. The van der Waals surface area contributed by atoms with Gasteiger partial charge in [-0.3, -0.25) is 15.0 Å². The molecule has 0 radical (unpaired) electrons. The number of benzene rings is 2. The van der Waals surface area contributed by atoms with Gasteiger partial charge in [-0.1, -0.05) is 30.0 Å². The average Bonchev–Trinajstić information content (AvgIpc) is 2.96. The van der Waals surface area contributed by atoms with E-state index in [2.05, 4.69) is 5.43 Å². The minimum Gasteiger partial charge on any atom is -0.497 e. The van der Waals surface area contributed by atoms with E-state index in [4.69, 9.17) is 21.7 Å². The van der Waals surface area contributed by atoms with E-state index in [1.54, 1.807) is 50.6 Å². The molecule has 28 heavy (non-hydrogen) atoms. The van der Waals surface area contributed by atoms with Gasteiger partial charge in [-0.25, -0.2) is 0 Å². The number of carbonyl (C=O) groups is 2. The maximum atomic E-state index is 12.8. The molecule has 1 aliphatic heterocycles. The van der Waals surface area contributed by atoms with Gasteiger partial charge in [0.15, 0.2) is 4.32 Å². The molecule has 2 aromatic carbocycles. The van der Waals surface area contributed by atoms with Crippen LogP contribution in [0.1, 0.15) is 21.5 Å². The predicted octanol–water partition coefficient (Wildman–Crippen LogP) is 3.56. The minimum atomic E-state index is -0.394. The van der Waals surface area contributed by atoms with Crippen molar-refractivity contribution >= 4 is 46.2 Å². The van der Waals surface area contributed by atoms with Crippen molar-refractivity contribution in [3.05, 3.63) is 64.1 Å². The molecule has 0 aromatic heterocycles. The Kier molecular flexibility index (Phi) is 6.01. The number of nitrogens with one attached hydrogen (secondary N) is 1. The van der Waals surface area contributed by atoms with Crippen LogP contribution in [0.3, 0.4) is 0 Å². The SMILES string of the molecule is COc1ccc(/C=C2/SC(=S)N(NC(=O)c3ccccc3C)C2=O)c(OC)c1. The standard InChI is InChI=1S/C20H18N2O4S2/c1-12-6-4-5-7-15(12)18(23)21-22-19(24)17(28-20(22)27)10-13-8-9-14(25-2)11-16(13)26-3/h4-11H,1-3H3,(H,21,23)/b17-10+. The molecule has 0 bridgehead atoms. The highest BCUT2D eigenvalue weighted by atomic mass is 32.2. The summed E-state index contributed by atoms with van der Waals surface area (Å²) in [6.07, 6.45) is 1.68. The fourth-order valence-electron chi connectivity index (χ4n) is 2.63. The lowest BCUT2D eigenvalue weighted by Gasteiger charge is -2.16. The molecule has 2 aromatic rings. The van der Waals surface area contributed by atoms with Gasteiger partial charge in [-0.2, -0.15) is 5.01 Å². The van der Waals surface area contributed by atoms with Crippen LogP contribution in [0, 0.1) is 6.92 Å². The number of rotatable bonds is 5. The smallest absolute Gasteiger partial charge is 0.285 e. The van der Waals surface area contributed by atoms with Crippen molar-refractivity contribution in [3.63, 3.8) is 0 Å². The second-order valence-electron chi connectivity index (χ2n) is 5.88. The van der Waals surface area contributed by atoms with Crippen LogP contribution in [-0.4, -0.2) is 35.4 Å². The summed E-state index contributed by atoms with van der Waals surface area (Å²) < 4.78 is 10.8. The Morgan fingerprint density at radius 1 is 1.18 bits per heavy atom. The molecule has 0 saturated carbocycles. The van der Waals surface area contributed by atoms with Crippen LogP contribution >= 0.6 is 24.0 Å². The van der Waals surface area contributed by atoms with Gasteiger partial charge in [-0.05, 0) is 49.0 Å². The maximum absolute atomic E-state index is 12.8. The van der Waals surface area contributed by atoms with E-state index in [-0.39, 0.29) is 4.32 Å². The van der Waals surface area contributed by atoms with Crippen LogP contribution < -0.4 is 14.9 Å². The van der Waals surface area contributed by atoms with Crippen LogP contribution in [-0.2, 0) is 4.79 Å². The van der Waals surface area contributed by atoms with Gasteiger partial charge in [0.05, 0.1) is 19.1 Å². The van der Waals surface area contributed by atoms with Crippen LogP contribution in [0.25, 0.3) is 6.08 Å². The zero-order valence-corrected chi connectivity index (χ0v) is 17.1. The molecule has 144 valence electrons. The van der Waals surface area contributed by atoms with Crippen LogP contribution in [0.15, 0.2) is 47.4 Å². The van der Waals surface area contributed by atoms with Crippen LogP contribution in [0.2, 0.25) is 0 Å². The van der Waals surface area contributed by atoms with E-state index in [1.165, 1.54) is 0 Å². The Labute approximate surface area is 172 Å². The van der Waals surface area contributed by atoms with Crippen molar-refractivity contribution in [1.82, 2.24) is 10.4 Å². The molecule has 1 fully saturated rings. The number of aryl methyl sites for hydroxylation is 1. The van der Waals surface area contributed by atoms with E-state index in [1.807, 2.05) is 19.1 Å². The Hall–Kier alpha value is -2.84. The summed E-state index contributed by atoms with van der Waals surface area (Å²) in [5, 5.41) is 1.09. The maximum Gasteiger partial charge on any atom is 0.285 e. The minimum absolute atomic E-state index is 0.255. The average molecular weight is 415 g/mol. The van der Waals surface area contributed by atoms with E-state index >= 15 is 0 Å². The Morgan fingerprint density at radius 3 is 2.61 bits per heavy atom. The summed E-state index contributed by atoms with van der Waals surface area (Å²) in [5.74, 6) is 0.424. The zero-order valence-electron chi connectivity index (χ0n) is 15.5. The zero-order chi connectivity index (χ0) is 20.3. The fourth-order valence-corrected chi connectivity index (χ4v) is 3.80. The molecule has 1 N–H and O–H groups in total. The van der Waals surface area contributed by atoms with Crippen molar-refractivity contribution in [2.24, 2.45) is 0 Å². The lowest BCUT2D eigenvalue weighted by Crippen LogP contribution is -2.45. The number of thioether (sulfide) groups is 1. The second-order valence-corrected chi connectivity index (χ2v) is 7.56. The molecule has 8 heteroatoms. The van der Waals surface area contributed by atoms with Crippen molar-refractivity contribution in [2.45, 2.75) is 6.92 Å². The third-order valence-corrected chi connectivity index (χ3v) is 5.43. The van der Waals surface area contributed by atoms with Gasteiger partial charge >= 0.3 is 0 Å². The molecule has 0 unspecified atom stereocenters. The van der Waals surface area contributed by atoms with E-state index in [0.717, 1.165) is 22.3 Å². The molecule has 3 rings (SSSR count). The molecule has 2 amide bonds. The number of hydrogen-bond donors (Lipinski definition) is 1. The molecule has 0 spiro atoms. The van der Waals surface area contributed by atoms with Gasteiger partial charge in [-0.15, -0.1) is 0 Å². The monoisotopic (exact) mass is 414 g/mol. The highest BCUT2D eigenvalue weighted by Gasteiger charge is 2.34. The molecule has 1 aliphatic rings. The molecular weight excluding hydrogens is 396 g/mol. The Balaban J connectivity index is 1.83. The number of hydrogen-bond acceptors (Lipinski definition) is 6. The fraction of sp³-hybridized carbons (Fsp3) is 0.150. The predicted molar refractivity (Wildman–Crippen MR) is 113 cm³/mol. The Morgan fingerprint density at radius 2 is 1.93 bits per heavy atom. The van der Waals surface area contributed by atoms with Crippen molar-refractivity contribution in [3.8, 4) is 11.5 Å². The van der Waals surface area contributed by atoms with Gasteiger partial charge in [0.1, 0.15) is 11.5 Å². The Bertz CT molecular complexity index is 988. The number of ether oxygens (including phenoxy) is 2. The van der Waals surface area contributed by atoms with E-state index < -0.39 is 11.8 Å². The van der Waals surface area contributed by atoms with Crippen LogP contribution in [0.4, 0.5) is 0 Å². The van der Waals surface area contributed by atoms with Crippen LogP contribution in [0.5, 0.6) is 11.5 Å². The molecular formula is C20H18N2O4S2. The molecule has 6 nitrogen and oxygen atoms in total. The van der Waals surface area contributed by atoms with Crippen molar-refractivity contribution in [1.29, 1.82) is 0 Å². The summed E-state index contributed by atoms with van der Waals surface area (Å²) >= 11 is 6.39. The highest BCUT2D eigenvalue weighted by molar-refractivity contribution is 8.26. The van der Waals surface area contributed by atoms with Crippen molar-refractivity contribution in [2.75, 3.05) is 14.2 Å². The molecule has 1 heterocycles. The topological polar surface area (TPSA) is 67.9 Å². The number of thiocarbonyl (C=S) groups is 1. The molecule has 1 saturated heterocycles. The first-order valence-electron chi connectivity index (χ1n) is 8.31. The third kappa shape index (κ3) is 4.02. The van der Waals surface area contributed by atoms with Gasteiger partial charge in [0.2, 0.25) is 0 Å². The summed E-state index contributed by atoms with van der Waals surface area (Å²) in [7, 11) is 3.11. The van der Waals surface area contributed by atoms with Gasteiger partial charge in [0.25, 0.3) is 11.8 Å². The quantitative estimate of drug-likeness (QED) is 0.596. The lowest BCUT2D eigenvalue weighted by atomic mass is 10.1. The number of carbonyl (C=O) groups excluding carboxylic acids is 2. The number of methoxy groups -OCH3 is 2. The largest absolute Gasteiger partial charge is 0.497 e. The normalized spacial score (nSPS) is 15.1. The van der Waals surface area contributed by atoms with Crippen molar-refractivity contribution < 1.29 is 19.1 Å². The second kappa shape index (κ2) is 8.45. The summed E-state index contributed by atoms with van der Waals surface area (Å²) in [5.41, 5.74) is 4.58. The summed E-state index contributed by atoms with van der Waals surface area (Å²) in [6.45, 7) is 1.83. The number of amides is 2.